The molecule has 0 bridgehead atoms. The van der Waals surface area contributed by atoms with Crippen LogP contribution in [0.25, 0.3) is 0 Å². The highest BCUT2D eigenvalue weighted by Crippen LogP contribution is 2.31. The zero-order valence-electron chi connectivity index (χ0n) is 15.8. The third-order valence-corrected chi connectivity index (χ3v) is 5.66. The minimum absolute atomic E-state index is 0.153. The van der Waals surface area contributed by atoms with E-state index in [2.05, 4.69) is 20.2 Å². The quantitative estimate of drug-likeness (QED) is 0.750. The van der Waals surface area contributed by atoms with E-state index >= 15 is 0 Å². The number of hydrogen-bond acceptors (Lipinski definition) is 5. The van der Waals surface area contributed by atoms with E-state index in [1.54, 1.807) is 6.07 Å². The smallest absolute Gasteiger partial charge is 0.379 e. The molecule has 1 N–H and O–H groups in total. The van der Waals surface area contributed by atoms with Crippen molar-refractivity contribution >= 4 is 17.4 Å². The summed E-state index contributed by atoms with van der Waals surface area (Å²) in [5.74, 6) is 0.607. The number of nitrogens with one attached hydrogen (secondary N) is 1. The molecule has 156 valence electrons. The first-order chi connectivity index (χ1) is 13.9. The number of rotatable bonds is 4. The van der Waals surface area contributed by atoms with Crippen molar-refractivity contribution < 1.29 is 17.9 Å². The number of morpholine rings is 1. The molecule has 29 heavy (non-hydrogen) atoms. The lowest BCUT2D eigenvalue weighted by atomic mass is 9.90. The number of aryl methyl sites for hydroxylation is 1. The highest BCUT2D eigenvalue weighted by atomic mass is 35.5. The maximum atomic E-state index is 13.0. The molecule has 1 aromatic heterocycles. The van der Waals surface area contributed by atoms with Crippen molar-refractivity contribution in [1.29, 1.82) is 0 Å². The molecule has 0 spiro atoms. The van der Waals surface area contributed by atoms with Crippen molar-refractivity contribution in [2.75, 3.05) is 31.6 Å². The van der Waals surface area contributed by atoms with E-state index in [9.17, 15) is 13.2 Å². The Labute approximate surface area is 172 Å². The molecule has 1 saturated heterocycles. The Morgan fingerprint density at radius 2 is 2.00 bits per heavy atom. The number of fused-ring (bicyclic) bond motifs is 1. The predicted molar refractivity (Wildman–Crippen MR) is 104 cm³/mol. The summed E-state index contributed by atoms with van der Waals surface area (Å²) in [5.41, 5.74) is 1.79. The first-order valence-corrected chi connectivity index (χ1v) is 10.0. The number of aromatic nitrogens is 2. The molecule has 1 unspecified atom stereocenters. The van der Waals surface area contributed by atoms with E-state index < -0.39 is 11.7 Å². The lowest BCUT2D eigenvalue weighted by Gasteiger charge is -2.37. The van der Waals surface area contributed by atoms with Gasteiger partial charge in [0.15, 0.2) is 0 Å². The molecule has 1 aliphatic carbocycles. The molecule has 4 rings (SSSR count). The van der Waals surface area contributed by atoms with Crippen molar-refractivity contribution in [2.24, 2.45) is 0 Å². The van der Waals surface area contributed by atoms with Crippen molar-refractivity contribution in [3.8, 4) is 0 Å². The van der Waals surface area contributed by atoms with Gasteiger partial charge in [-0.3, -0.25) is 4.90 Å². The molecule has 0 saturated carbocycles. The predicted octanol–water partition coefficient (Wildman–Crippen LogP) is 3.95. The second kappa shape index (κ2) is 8.45. The number of benzene rings is 1. The Morgan fingerprint density at radius 3 is 2.76 bits per heavy atom. The van der Waals surface area contributed by atoms with E-state index in [4.69, 9.17) is 16.3 Å². The minimum atomic E-state index is -4.36. The van der Waals surface area contributed by atoms with Gasteiger partial charge in [0.05, 0.1) is 24.5 Å². The van der Waals surface area contributed by atoms with Crippen LogP contribution in [0.1, 0.15) is 28.8 Å². The lowest BCUT2D eigenvalue weighted by Crippen LogP contribution is -2.46. The zero-order valence-corrected chi connectivity index (χ0v) is 16.6. The summed E-state index contributed by atoms with van der Waals surface area (Å²) < 4.78 is 44.3. The molecule has 0 amide bonds. The molecule has 1 fully saturated rings. The third kappa shape index (κ3) is 4.82. The van der Waals surface area contributed by atoms with Gasteiger partial charge in [0.2, 0.25) is 5.28 Å². The van der Waals surface area contributed by atoms with E-state index in [0.29, 0.717) is 17.4 Å². The van der Waals surface area contributed by atoms with Gasteiger partial charge in [0, 0.05) is 31.2 Å². The first-order valence-electron chi connectivity index (χ1n) is 9.67. The summed E-state index contributed by atoms with van der Waals surface area (Å²) in [6.07, 6.45) is -1.78. The number of nitrogens with zero attached hydrogens (tertiary/aromatic N) is 3. The van der Waals surface area contributed by atoms with Crippen LogP contribution in [-0.2, 0) is 30.3 Å². The topological polar surface area (TPSA) is 50.3 Å². The average molecular weight is 427 g/mol. The molecule has 1 aliphatic heterocycles. The molecule has 1 atom stereocenters. The lowest BCUT2D eigenvalue weighted by molar-refractivity contribution is -0.137. The fourth-order valence-corrected chi connectivity index (χ4v) is 4.19. The average Bonchev–Trinajstić information content (AvgIpc) is 2.72. The van der Waals surface area contributed by atoms with Crippen LogP contribution in [-0.4, -0.2) is 47.2 Å². The second-order valence-corrected chi connectivity index (χ2v) is 7.70. The summed E-state index contributed by atoms with van der Waals surface area (Å²) in [6, 6.07) is 5.67. The van der Waals surface area contributed by atoms with Gasteiger partial charge in [-0.2, -0.15) is 13.2 Å². The minimum Gasteiger partial charge on any atom is -0.379 e. The molecular weight excluding hydrogens is 405 g/mol. The van der Waals surface area contributed by atoms with E-state index in [0.717, 1.165) is 69.0 Å². The molecule has 5 nitrogen and oxygen atoms in total. The highest BCUT2D eigenvalue weighted by Gasteiger charge is 2.31. The summed E-state index contributed by atoms with van der Waals surface area (Å²) in [6.45, 7) is 3.51. The maximum absolute atomic E-state index is 13.0. The Kier molecular flexibility index (Phi) is 5.94. The standard InChI is InChI=1S/C20H22ClF3N4O/c21-19-26-17-5-4-15(28-6-8-29-9-7-28)11-16(17)18(27-19)25-12-13-2-1-3-14(10-13)20(22,23)24/h1-3,10,15H,4-9,11-12H2,(H,25,26,27). The van der Waals surface area contributed by atoms with Crippen molar-refractivity contribution in [3.63, 3.8) is 0 Å². The number of ether oxygens (including phenoxy) is 1. The fourth-order valence-electron chi connectivity index (χ4n) is 4.01. The van der Waals surface area contributed by atoms with Gasteiger partial charge in [-0.05, 0) is 48.6 Å². The van der Waals surface area contributed by atoms with Crippen LogP contribution < -0.4 is 5.32 Å². The normalized spacial score (nSPS) is 20.3. The summed E-state index contributed by atoms with van der Waals surface area (Å²) in [7, 11) is 0. The van der Waals surface area contributed by atoms with Crippen LogP contribution in [0.3, 0.4) is 0 Å². The summed E-state index contributed by atoms with van der Waals surface area (Å²) in [4.78, 5) is 11.1. The van der Waals surface area contributed by atoms with Crippen LogP contribution in [0.4, 0.5) is 19.0 Å². The van der Waals surface area contributed by atoms with Gasteiger partial charge in [-0.15, -0.1) is 0 Å². The Hall–Kier alpha value is -1.90. The van der Waals surface area contributed by atoms with Gasteiger partial charge in [-0.25, -0.2) is 9.97 Å². The third-order valence-electron chi connectivity index (χ3n) is 5.50. The second-order valence-electron chi connectivity index (χ2n) is 7.36. The number of halogens is 4. The van der Waals surface area contributed by atoms with Crippen LogP contribution in [0, 0.1) is 0 Å². The van der Waals surface area contributed by atoms with E-state index in [-0.39, 0.29) is 11.8 Å². The van der Waals surface area contributed by atoms with Gasteiger partial charge in [0.1, 0.15) is 5.82 Å². The molecule has 1 aromatic carbocycles. The van der Waals surface area contributed by atoms with Crippen molar-refractivity contribution in [1.82, 2.24) is 14.9 Å². The number of hydrogen-bond donors (Lipinski definition) is 1. The Balaban J connectivity index is 1.52. The largest absolute Gasteiger partial charge is 0.416 e. The zero-order chi connectivity index (χ0) is 20.4. The van der Waals surface area contributed by atoms with Gasteiger partial charge in [0.25, 0.3) is 0 Å². The summed E-state index contributed by atoms with van der Waals surface area (Å²) in [5, 5.41) is 3.34. The Morgan fingerprint density at radius 1 is 1.21 bits per heavy atom. The molecule has 0 radical (unpaired) electrons. The highest BCUT2D eigenvalue weighted by molar-refractivity contribution is 6.28. The van der Waals surface area contributed by atoms with Crippen LogP contribution >= 0.6 is 11.6 Å². The van der Waals surface area contributed by atoms with Crippen molar-refractivity contribution in [3.05, 3.63) is 51.9 Å². The molecule has 2 aromatic rings. The number of alkyl halides is 3. The van der Waals surface area contributed by atoms with E-state index in [1.807, 2.05) is 0 Å². The number of anilines is 1. The summed E-state index contributed by atoms with van der Waals surface area (Å²) >= 11 is 6.10. The van der Waals surface area contributed by atoms with Crippen LogP contribution in [0.2, 0.25) is 5.28 Å². The Bertz CT molecular complexity index is 871. The molecule has 2 aliphatic rings. The molecule has 2 heterocycles. The SMILES string of the molecule is FC(F)(F)c1cccc(CNc2nc(Cl)nc3c2CC(N2CCOCC2)CC3)c1. The van der Waals surface area contributed by atoms with Gasteiger partial charge in [-0.1, -0.05) is 12.1 Å². The fraction of sp³-hybridized carbons (Fsp3) is 0.500. The van der Waals surface area contributed by atoms with E-state index in [1.165, 1.54) is 6.07 Å². The van der Waals surface area contributed by atoms with Crippen molar-refractivity contribution in [2.45, 2.75) is 38.0 Å². The van der Waals surface area contributed by atoms with Gasteiger partial charge >= 0.3 is 6.18 Å². The monoisotopic (exact) mass is 426 g/mol. The maximum Gasteiger partial charge on any atom is 0.416 e. The van der Waals surface area contributed by atoms with Crippen LogP contribution in [0.5, 0.6) is 0 Å². The first kappa shape index (κ1) is 20.4. The molecule has 9 heteroatoms. The van der Waals surface area contributed by atoms with Gasteiger partial charge < -0.3 is 10.1 Å². The molecular formula is C20H22ClF3N4O. The van der Waals surface area contributed by atoms with Crippen LogP contribution in [0.15, 0.2) is 24.3 Å².